The summed E-state index contributed by atoms with van der Waals surface area (Å²) in [6.45, 7) is 11.0. The van der Waals surface area contributed by atoms with Gasteiger partial charge in [-0.2, -0.15) is 5.26 Å². The minimum Gasteiger partial charge on any atom is -0.348 e. The predicted molar refractivity (Wildman–Crippen MR) is 80.7 cm³/mol. The van der Waals surface area contributed by atoms with Crippen molar-refractivity contribution in [3.05, 3.63) is 10.6 Å². The molecule has 104 valence electrons. The second-order valence-corrected chi connectivity index (χ2v) is 7.61. The fourth-order valence-electron chi connectivity index (χ4n) is 2.62. The maximum atomic E-state index is 8.99. The van der Waals surface area contributed by atoms with Crippen molar-refractivity contribution in [1.82, 2.24) is 4.98 Å². The van der Waals surface area contributed by atoms with Gasteiger partial charge >= 0.3 is 0 Å². The second kappa shape index (κ2) is 5.50. The SMILES string of the molecule is CC1CCCN(c2nc(C(C)(C)C)c(CC#N)s2)C1. The third-order valence-corrected chi connectivity index (χ3v) is 4.68. The number of aromatic nitrogens is 1. The van der Waals surface area contributed by atoms with Crippen LogP contribution in [-0.2, 0) is 11.8 Å². The van der Waals surface area contributed by atoms with Crippen molar-refractivity contribution in [2.24, 2.45) is 5.92 Å². The first-order chi connectivity index (χ1) is 8.91. The molecule has 19 heavy (non-hydrogen) atoms. The van der Waals surface area contributed by atoms with Gasteiger partial charge in [0.15, 0.2) is 5.13 Å². The van der Waals surface area contributed by atoms with E-state index in [0.29, 0.717) is 6.42 Å². The Morgan fingerprint density at radius 1 is 1.47 bits per heavy atom. The van der Waals surface area contributed by atoms with Crippen LogP contribution in [0.1, 0.15) is 51.1 Å². The molecule has 2 rings (SSSR count). The zero-order valence-electron chi connectivity index (χ0n) is 12.4. The lowest BCUT2D eigenvalue weighted by Gasteiger charge is -2.30. The average molecular weight is 277 g/mol. The van der Waals surface area contributed by atoms with Crippen molar-refractivity contribution in [3.63, 3.8) is 0 Å². The van der Waals surface area contributed by atoms with Crippen LogP contribution in [0.15, 0.2) is 0 Å². The lowest BCUT2D eigenvalue weighted by molar-refractivity contribution is 0.445. The van der Waals surface area contributed by atoms with Gasteiger partial charge in [-0.25, -0.2) is 4.98 Å². The fraction of sp³-hybridized carbons (Fsp3) is 0.733. The van der Waals surface area contributed by atoms with Crippen LogP contribution in [0.2, 0.25) is 0 Å². The molecule has 0 bridgehead atoms. The highest BCUT2D eigenvalue weighted by atomic mass is 32.1. The van der Waals surface area contributed by atoms with Crippen molar-refractivity contribution in [2.45, 2.75) is 52.4 Å². The van der Waals surface area contributed by atoms with Crippen molar-refractivity contribution < 1.29 is 0 Å². The Balaban J connectivity index is 2.29. The Labute approximate surface area is 120 Å². The van der Waals surface area contributed by atoms with Crippen LogP contribution >= 0.6 is 11.3 Å². The summed E-state index contributed by atoms with van der Waals surface area (Å²) in [5.41, 5.74) is 1.12. The molecule has 1 aliphatic heterocycles. The van der Waals surface area contributed by atoms with E-state index in [1.54, 1.807) is 11.3 Å². The van der Waals surface area contributed by atoms with E-state index < -0.39 is 0 Å². The number of hydrogen-bond acceptors (Lipinski definition) is 4. The largest absolute Gasteiger partial charge is 0.348 e. The zero-order chi connectivity index (χ0) is 14.0. The lowest BCUT2D eigenvalue weighted by Crippen LogP contribution is -2.34. The van der Waals surface area contributed by atoms with E-state index >= 15 is 0 Å². The molecule has 0 radical (unpaired) electrons. The molecule has 4 heteroatoms. The highest BCUT2D eigenvalue weighted by molar-refractivity contribution is 7.15. The van der Waals surface area contributed by atoms with Crippen LogP contribution < -0.4 is 4.90 Å². The molecule has 1 atom stereocenters. The smallest absolute Gasteiger partial charge is 0.185 e. The highest BCUT2D eigenvalue weighted by Crippen LogP contribution is 2.35. The summed E-state index contributed by atoms with van der Waals surface area (Å²) in [7, 11) is 0. The minimum absolute atomic E-state index is 0.0162. The number of hydrogen-bond donors (Lipinski definition) is 0. The van der Waals surface area contributed by atoms with Gasteiger partial charge in [-0.1, -0.05) is 27.7 Å². The van der Waals surface area contributed by atoms with E-state index in [4.69, 9.17) is 10.2 Å². The molecule has 1 unspecified atom stereocenters. The topological polar surface area (TPSA) is 39.9 Å². The molecular formula is C15H23N3S. The van der Waals surface area contributed by atoms with Gasteiger partial charge in [-0.15, -0.1) is 11.3 Å². The zero-order valence-corrected chi connectivity index (χ0v) is 13.2. The van der Waals surface area contributed by atoms with Gasteiger partial charge in [-0.3, -0.25) is 0 Å². The summed E-state index contributed by atoms with van der Waals surface area (Å²) in [6.07, 6.45) is 3.05. The molecular weight excluding hydrogens is 254 g/mol. The summed E-state index contributed by atoms with van der Waals surface area (Å²) >= 11 is 1.71. The van der Waals surface area contributed by atoms with E-state index in [2.05, 4.69) is 38.7 Å². The molecule has 0 saturated carbocycles. The van der Waals surface area contributed by atoms with Gasteiger partial charge < -0.3 is 4.90 Å². The third kappa shape index (κ3) is 3.27. The summed E-state index contributed by atoms with van der Waals surface area (Å²) in [5.74, 6) is 0.746. The average Bonchev–Trinajstić information content (AvgIpc) is 2.73. The Hall–Kier alpha value is -1.08. The van der Waals surface area contributed by atoms with Crippen molar-refractivity contribution in [2.75, 3.05) is 18.0 Å². The van der Waals surface area contributed by atoms with Crippen LogP contribution in [0.25, 0.3) is 0 Å². The number of rotatable bonds is 2. The standard InChI is InChI=1S/C15H23N3S/c1-11-6-5-9-18(10-11)14-17-13(15(2,3)4)12(19-14)7-8-16/h11H,5-7,9-10H2,1-4H3. The minimum atomic E-state index is 0.0162. The molecule has 1 aromatic rings. The summed E-state index contributed by atoms with van der Waals surface area (Å²) in [5, 5.41) is 10.1. The van der Waals surface area contributed by atoms with E-state index in [-0.39, 0.29) is 5.41 Å². The van der Waals surface area contributed by atoms with E-state index in [9.17, 15) is 0 Å². The highest BCUT2D eigenvalue weighted by Gasteiger charge is 2.26. The quantitative estimate of drug-likeness (QED) is 0.826. The van der Waals surface area contributed by atoms with E-state index in [1.165, 1.54) is 12.8 Å². The number of anilines is 1. The maximum Gasteiger partial charge on any atom is 0.185 e. The molecule has 0 amide bonds. The summed E-state index contributed by atoms with van der Waals surface area (Å²) < 4.78 is 0. The number of piperidine rings is 1. The Kier molecular flexibility index (Phi) is 4.15. The molecule has 0 aliphatic carbocycles. The summed E-state index contributed by atoms with van der Waals surface area (Å²) in [6, 6.07) is 2.27. The van der Waals surface area contributed by atoms with Gasteiger partial charge in [0, 0.05) is 23.4 Å². The Morgan fingerprint density at radius 3 is 2.79 bits per heavy atom. The normalized spacial score (nSPS) is 20.4. The summed E-state index contributed by atoms with van der Waals surface area (Å²) in [4.78, 5) is 8.39. The molecule has 1 fully saturated rings. The molecule has 1 aromatic heterocycles. The first kappa shape index (κ1) is 14.3. The first-order valence-corrected chi connectivity index (χ1v) is 7.85. The van der Waals surface area contributed by atoms with Gasteiger partial charge in [0.25, 0.3) is 0 Å². The number of nitriles is 1. The van der Waals surface area contributed by atoms with Crippen LogP contribution in [0.3, 0.4) is 0 Å². The molecule has 0 N–H and O–H groups in total. The van der Waals surface area contributed by atoms with Crippen LogP contribution in [0, 0.1) is 17.2 Å². The van der Waals surface area contributed by atoms with Gasteiger partial charge in [0.1, 0.15) is 0 Å². The van der Waals surface area contributed by atoms with Gasteiger partial charge in [0.05, 0.1) is 18.2 Å². The van der Waals surface area contributed by atoms with Crippen LogP contribution in [0.4, 0.5) is 5.13 Å². The molecule has 0 aromatic carbocycles. The monoisotopic (exact) mass is 277 g/mol. The second-order valence-electron chi connectivity index (χ2n) is 6.55. The Morgan fingerprint density at radius 2 is 2.21 bits per heavy atom. The predicted octanol–water partition coefficient (Wildman–Crippen LogP) is 3.74. The van der Waals surface area contributed by atoms with Crippen molar-refractivity contribution >= 4 is 16.5 Å². The van der Waals surface area contributed by atoms with Gasteiger partial charge in [0.2, 0.25) is 0 Å². The fourth-order valence-corrected chi connectivity index (χ4v) is 3.85. The van der Waals surface area contributed by atoms with Crippen molar-refractivity contribution in [1.29, 1.82) is 5.26 Å². The molecule has 3 nitrogen and oxygen atoms in total. The first-order valence-electron chi connectivity index (χ1n) is 7.04. The van der Waals surface area contributed by atoms with Crippen LogP contribution in [-0.4, -0.2) is 18.1 Å². The van der Waals surface area contributed by atoms with E-state index in [0.717, 1.165) is 34.7 Å². The molecule has 1 aliphatic rings. The number of thiazole rings is 1. The van der Waals surface area contributed by atoms with Crippen LogP contribution in [0.5, 0.6) is 0 Å². The number of nitrogens with zero attached hydrogens (tertiary/aromatic N) is 3. The molecule has 2 heterocycles. The Bertz CT molecular complexity index is 479. The molecule has 1 saturated heterocycles. The van der Waals surface area contributed by atoms with Crippen molar-refractivity contribution in [3.8, 4) is 6.07 Å². The lowest BCUT2D eigenvalue weighted by atomic mass is 9.91. The van der Waals surface area contributed by atoms with E-state index in [1.807, 2.05) is 0 Å². The van der Waals surface area contributed by atoms with Gasteiger partial charge in [-0.05, 0) is 18.8 Å². The maximum absolute atomic E-state index is 8.99. The third-order valence-electron chi connectivity index (χ3n) is 3.56. The molecule has 0 spiro atoms.